The van der Waals surface area contributed by atoms with Gasteiger partial charge in [-0.1, -0.05) is 27.5 Å². The second-order valence-electron chi connectivity index (χ2n) is 5.97. The topological polar surface area (TPSA) is 65.7 Å². The van der Waals surface area contributed by atoms with Crippen LogP contribution in [0.3, 0.4) is 0 Å². The Kier molecular flexibility index (Phi) is 6.97. The molecule has 6 nitrogen and oxygen atoms in total. The molecule has 2 aromatic carbocycles. The molecule has 0 aliphatic heterocycles. The molecule has 0 amide bonds. The molecule has 9 heteroatoms. The van der Waals surface area contributed by atoms with E-state index < -0.39 is 0 Å². The normalized spacial score (nSPS) is 11.4. The minimum absolute atomic E-state index is 0.261. The van der Waals surface area contributed by atoms with Gasteiger partial charge in [-0.3, -0.25) is 4.79 Å². The van der Waals surface area contributed by atoms with Crippen LogP contribution in [-0.2, 0) is 0 Å². The Morgan fingerprint density at radius 2 is 1.93 bits per heavy atom. The smallest absolute Gasteiger partial charge is 0.282 e. The van der Waals surface area contributed by atoms with Gasteiger partial charge in [0.05, 0.1) is 30.3 Å². The van der Waals surface area contributed by atoms with Crippen molar-refractivity contribution in [2.24, 2.45) is 5.10 Å². The van der Waals surface area contributed by atoms with Gasteiger partial charge in [-0.2, -0.15) is 9.78 Å². The summed E-state index contributed by atoms with van der Waals surface area (Å²) in [5.41, 5.74) is 0.997. The van der Waals surface area contributed by atoms with Crippen LogP contribution < -0.4 is 15.0 Å². The maximum Gasteiger partial charge on any atom is 0.282 e. The number of hydrogen-bond donors (Lipinski definition) is 0. The summed E-state index contributed by atoms with van der Waals surface area (Å²) in [4.78, 5) is 17.4. The maximum atomic E-state index is 12.9. The van der Waals surface area contributed by atoms with E-state index in [9.17, 15) is 4.79 Å². The van der Waals surface area contributed by atoms with Crippen LogP contribution in [0.2, 0.25) is 5.02 Å². The van der Waals surface area contributed by atoms with E-state index in [-0.39, 0.29) is 5.56 Å². The number of aromatic nitrogens is 2. The third-order valence-corrected chi connectivity index (χ3v) is 5.96. The molecule has 0 bridgehead atoms. The first-order valence-electron chi connectivity index (χ1n) is 8.88. The minimum atomic E-state index is -0.261. The molecule has 0 saturated heterocycles. The first kappa shape index (κ1) is 21.8. The van der Waals surface area contributed by atoms with E-state index >= 15 is 0 Å². The second kappa shape index (κ2) is 9.28. The van der Waals surface area contributed by atoms with Crippen LogP contribution in [0.15, 0.2) is 43.1 Å². The van der Waals surface area contributed by atoms with Crippen molar-refractivity contribution < 1.29 is 9.47 Å². The molecule has 3 aromatic rings. The van der Waals surface area contributed by atoms with Crippen LogP contribution >= 0.6 is 43.5 Å². The summed E-state index contributed by atoms with van der Waals surface area (Å²) in [7, 11) is 0. The Hall–Kier alpha value is -1.90. The average Bonchev–Trinajstić information content (AvgIpc) is 2.69. The largest absolute Gasteiger partial charge is 0.490 e. The quantitative estimate of drug-likeness (QED) is 0.382. The highest BCUT2D eigenvalue weighted by Gasteiger charge is 2.17. The monoisotopic (exact) mass is 541 g/mol. The highest BCUT2D eigenvalue weighted by atomic mass is 79.9. The zero-order chi connectivity index (χ0) is 21.1. The Bertz CT molecular complexity index is 1160. The first-order chi connectivity index (χ1) is 13.9. The molecule has 0 atom stereocenters. The fourth-order valence-electron chi connectivity index (χ4n) is 2.76. The Morgan fingerprint density at radius 3 is 2.62 bits per heavy atom. The lowest BCUT2D eigenvalue weighted by atomic mass is 10.2. The number of hydrogen-bond acceptors (Lipinski definition) is 5. The van der Waals surface area contributed by atoms with Crippen LogP contribution in [0, 0.1) is 6.92 Å². The first-order valence-corrected chi connectivity index (χ1v) is 10.8. The number of nitrogens with zero attached hydrogens (tertiary/aromatic N) is 3. The predicted octanol–water partition coefficient (Wildman–Crippen LogP) is 5.56. The summed E-state index contributed by atoms with van der Waals surface area (Å²) >= 11 is 13.3. The number of rotatable bonds is 6. The van der Waals surface area contributed by atoms with E-state index in [1.807, 2.05) is 19.9 Å². The van der Waals surface area contributed by atoms with Gasteiger partial charge in [-0.25, -0.2) is 4.98 Å². The van der Waals surface area contributed by atoms with Crippen molar-refractivity contribution in [3.8, 4) is 11.5 Å². The number of benzene rings is 2. The van der Waals surface area contributed by atoms with Crippen molar-refractivity contribution in [2.75, 3.05) is 13.2 Å². The zero-order valence-electron chi connectivity index (χ0n) is 16.0. The summed E-state index contributed by atoms with van der Waals surface area (Å²) in [6.07, 6.45) is 1.54. The van der Waals surface area contributed by atoms with Gasteiger partial charge < -0.3 is 9.47 Å². The SMILES string of the molecule is CCOc1cc(C=Nn2c(C)nc3ccc(Br)cc3c2=O)c(Br)c(Cl)c1OCC. The number of aryl methyl sites for hydroxylation is 1. The fourth-order valence-corrected chi connectivity index (χ4v) is 3.77. The van der Waals surface area contributed by atoms with Crippen molar-refractivity contribution in [3.63, 3.8) is 0 Å². The van der Waals surface area contributed by atoms with Crippen LogP contribution in [-0.4, -0.2) is 29.1 Å². The molecule has 29 heavy (non-hydrogen) atoms. The molecule has 3 rings (SSSR count). The third kappa shape index (κ3) is 4.49. The highest BCUT2D eigenvalue weighted by molar-refractivity contribution is 9.10. The molecule has 0 radical (unpaired) electrons. The van der Waals surface area contributed by atoms with E-state index in [4.69, 9.17) is 21.1 Å². The maximum absolute atomic E-state index is 12.9. The highest BCUT2D eigenvalue weighted by Crippen LogP contribution is 2.42. The van der Waals surface area contributed by atoms with E-state index in [1.165, 1.54) is 10.9 Å². The van der Waals surface area contributed by atoms with E-state index in [0.717, 1.165) is 4.47 Å². The summed E-state index contributed by atoms with van der Waals surface area (Å²) in [5, 5.41) is 5.20. The van der Waals surface area contributed by atoms with Crippen molar-refractivity contribution in [1.29, 1.82) is 0 Å². The summed E-state index contributed by atoms with van der Waals surface area (Å²) < 4.78 is 13.9. The fraction of sp³-hybridized carbons (Fsp3) is 0.250. The molecule has 0 fully saturated rings. The Balaban J connectivity index is 2.11. The predicted molar refractivity (Wildman–Crippen MR) is 123 cm³/mol. The van der Waals surface area contributed by atoms with Crippen LogP contribution in [0.5, 0.6) is 11.5 Å². The average molecular weight is 544 g/mol. The molecule has 0 N–H and O–H groups in total. The van der Waals surface area contributed by atoms with Crippen molar-refractivity contribution >= 4 is 60.6 Å². The molecule has 0 spiro atoms. The van der Waals surface area contributed by atoms with Gasteiger partial charge in [0.1, 0.15) is 10.8 Å². The van der Waals surface area contributed by atoms with E-state index in [0.29, 0.717) is 56.5 Å². The number of halogens is 3. The van der Waals surface area contributed by atoms with Gasteiger partial charge in [0.25, 0.3) is 5.56 Å². The summed E-state index contributed by atoms with van der Waals surface area (Å²) in [6.45, 7) is 6.38. The van der Waals surface area contributed by atoms with E-state index in [1.54, 1.807) is 25.1 Å². The summed E-state index contributed by atoms with van der Waals surface area (Å²) in [6, 6.07) is 7.13. The molecule has 0 aliphatic rings. The lowest BCUT2D eigenvalue weighted by molar-refractivity contribution is 0.287. The van der Waals surface area contributed by atoms with Crippen LogP contribution in [0.4, 0.5) is 0 Å². The Labute approximate surface area is 189 Å². The minimum Gasteiger partial charge on any atom is -0.490 e. The molecular formula is C20H18Br2ClN3O3. The number of fused-ring (bicyclic) bond motifs is 1. The van der Waals surface area contributed by atoms with Crippen LogP contribution in [0.1, 0.15) is 25.2 Å². The van der Waals surface area contributed by atoms with Gasteiger partial charge in [0.15, 0.2) is 11.5 Å². The molecule has 0 unspecified atom stereocenters. The van der Waals surface area contributed by atoms with Crippen molar-refractivity contribution in [1.82, 2.24) is 9.66 Å². The molecule has 152 valence electrons. The van der Waals surface area contributed by atoms with Gasteiger partial charge >= 0.3 is 0 Å². The van der Waals surface area contributed by atoms with Crippen molar-refractivity contribution in [3.05, 3.63) is 60.0 Å². The Morgan fingerprint density at radius 1 is 1.21 bits per heavy atom. The van der Waals surface area contributed by atoms with Gasteiger partial charge in [-0.05, 0) is 61.0 Å². The van der Waals surface area contributed by atoms with Crippen molar-refractivity contribution in [2.45, 2.75) is 20.8 Å². The second-order valence-corrected chi connectivity index (χ2v) is 8.06. The van der Waals surface area contributed by atoms with Gasteiger partial charge in [-0.15, -0.1) is 0 Å². The lowest BCUT2D eigenvalue weighted by Crippen LogP contribution is -2.20. The molecule has 1 aromatic heterocycles. The molecular weight excluding hydrogens is 525 g/mol. The van der Waals surface area contributed by atoms with Crippen LogP contribution in [0.25, 0.3) is 10.9 Å². The lowest BCUT2D eigenvalue weighted by Gasteiger charge is -2.15. The van der Waals surface area contributed by atoms with Gasteiger partial charge in [0, 0.05) is 14.5 Å². The molecule has 0 aliphatic carbocycles. The van der Waals surface area contributed by atoms with Gasteiger partial charge in [0.2, 0.25) is 0 Å². The molecule has 1 heterocycles. The zero-order valence-corrected chi connectivity index (χ0v) is 19.9. The van der Waals surface area contributed by atoms with E-state index in [2.05, 4.69) is 41.9 Å². The number of ether oxygens (including phenoxy) is 2. The summed E-state index contributed by atoms with van der Waals surface area (Å²) in [5.74, 6) is 1.44. The third-order valence-electron chi connectivity index (χ3n) is 4.03. The standard InChI is InChI=1S/C20H18Br2ClN3O3/c1-4-28-16-8-12(17(22)18(23)19(16)29-5-2)10-24-26-11(3)25-15-7-6-13(21)9-14(15)20(26)27/h6-10H,4-5H2,1-3H3. The molecule has 0 saturated carbocycles.